The zero-order valence-electron chi connectivity index (χ0n) is 17.5. The molecule has 1 aliphatic rings. The second-order valence-electron chi connectivity index (χ2n) is 7.21. The molecule has 0 radical (unpaired) electrons. The van der Waals surface area contributed by atoms with E-state index in [1.165, 1.54) is 11.3 Å². The molecule has 0 bridgehead atoms. The minimum atomic E-state index is -0.174. The van der Waals surface area contributed by atoms with Gasteiger partial charge in [-0.15, -0.1) is 11.3 Å². The molecule has 11 heteroatoms. The van der Waals surface area contributed by atoms with Crippen molar-refractivity contribution in [2.24, 2.45) is 0 Å². The molecule has 4 heterocycles. The number of carbonyl (C=O) groups excluding carboxylic acids is 1. The smallest absolute Gasteiger partial charge is 0.267 e. The van der Waals surface area contributed by atoms with Crippen LogP contribution in [0.15, 0.2) is 23.7 Å². The monoisotopic (exact) mass is 459 g/mol. The van der Waals surface area contributed by atoms with Crippen LogP contribution in [0.2, 0.25) is 0 Å². The number of hydrogen-bond donors (Lipinski definition) is 3. The molecule has 164 valence electrons. The van der Waals surface area contributed by atoms with Gasteiger partial charge in [0.2, 0.25) is 0 Å². The van der Waals surface area contributed by atoms with Crippen molar-refractivity contribution in [3.05, 3.63) is 39.3 Å². The Hall–Kier alpha value is -2.60. The summed E-state index contributed by atoms with van der Waals surface area (Å²) in [6.07, 6.45) is 1.57. The number of thiazole rings is 1. The third-order valence-corrected chi connectivity index (χ3v) is 6.77. The zero-order valence-corrected chi connectivity index (χ0v) is 19.1. The van der Waals surface area contributed by atoms with Crippen LogP contribution in [0.25, 0.3) is 0 Å². The molecule has 3 N–H and O–H groups in total. The topological polar surface area (TPSA) is 107 Å². The lowest BCUT2D eigenvalue weighted by Gasteiger charge is -2.35. The first-order valence-electron chi connectivity index (χ1n) is 10.0. The van der Waals surface area contributed by atoms with Crippen molar-refractivity contribution < 1.29 is 9.90 Å². The fourth-order valence-corrected chi connectivity index (χ4v) is 4.74. The number of anilines is 4. The van der Waals surface area contributed by atoms with Gasteiger partial charge >= 0.3 is 0 Å². The summed E-state index contributed by atoms with van der Waals surface area (Å²) in [5.41, 5.74) is 0.827. The highest BCUT2D eigenvalue weighted by Crippen LogP contribution is 2.26. The lowest BCUT2D eigenvalue weighted by molar-refractivity contribution is 0.103. The SMILES string of the molecule is Cc1nc(Nc2ncc(C(=O)Nc3ccsc3C)s2)cc(N2CCN(CCO)CC2)n1. The molecule has 3 aromatic heterocycles. The number of carbonyl (C=O) groups is 1. The number of thiophene rings is 1. The molecule has 1 fully saturated rings. The van der Waals surface area contributed by atoms with Crippen LogP contribution in [0.3, 0.4) is 0 Å². The molecule has 1 aliphatic heterocycles. The Bertz CT molecular complexity index is 1040. The maximum Gasteiger partial charge on any atom is 0.267 e. The second-order valence-corrected chi connectivity index (χ2v) is 9.36. The molecule has 4 rings (SSSR count). The molecular weight excluding hydrogens is 434 g/mol. The fraction of sp³-hybridized carbons (Fsp3) is 0.400. The summed E-state index contributed by atoms with van der Waals surface area (Å²) in [5.74, 6) is 2.00. The van der Waals surface area contributed by atoms with Crippen molar-refractivity contribution in [3.63, 3.8) is 0 Å². The van der Waals surface area contributed by atoms with Crippen molar-refractivity contribution in [1.29, 1.82) is 0 Å². The van der Waals surface area contributed by atoms with E-state index in [1.54, 1.807) is 17.5 Å². The van der Waals surface area contributed by atoms with E-state index >= 15 is 0 Å². The molecule has 0 saturated carbocycles. The number of nitrogens with zero attached hydrogens (tertiary/aromatic N) is 5. The minimum Gasteiger partial charge on any atom is -0.395 e. The first-order valence-corrected chi connectivity index (χ1v) is 11.7. The molecule has 0 unspecified atom stereocenters. The van der Waals surface area contributed by atoms with Gasteiger partial charge in [0.1, 0.15) is 22.3 Å². The van der Waals surface area contributed by atoms with Gasteiger partial charge in [-0.1, -0.05) is 11.3 Å². The number of aryl methyl sites for hydroxylation is 2. The average Bonchev–Trinajstić information content (AvgIpc) is 3.37. The van der Waals surface area contributed by atoms with Crippen molar-refractivity contribution in [3.8, 4) is 0 Å². The van der Waals surface area contributed by atoms with Crippen LogP contribution in [0, 0.1) is 13.8 Å². The van der Waals surface area contributed by atoms with Crippen LogP contribution in [0.4, 0.5) is 22.5 Å². The van der Waals surface area contributed by atoms with E-state index in [4.69, 9.17) is 5.11 Å². The zero-order chi connectivity index (χ0) is 21.8. The van der Waals surface area contributed by atoms with Gasteiger partial charge in [-0.3, -0.25) is 9.69 Å². The highest BCUT2D eigenvalue weighted by molar-refractivity contribution is 7.17. The molecular formula is C20H25N7O2S2. The summed E-state index contributed by atoms with van der Waals surface area (Å²) >= 11 is 2.88. The maximum absolute atomic E-state index is 12.5. The molecule has 3 aromatic rings. The molecule has 0 spiro atoms. The van der Waals surface area contributed by atoms with Crippen LogP contribution in [-0.2, 0) is 0 Å². The van der Waals surface area contributed by atoms with Gasteiger partial charge in [-0.05, 0) is 25.3 Å². The first kappa shape index (κ1) is 21.6. The Morgan fingerprint density at radius 2 is 2.03 bits per heavy atom. The van der Waals surface area contributed by atoms with Gasteiger partial charge in [0.05, 0.1) is 18.5 Å². The third kappa shape index (κ3) is 5.37. The Labute approximate surface area is 188 Å². The predicted octanol–water partition coefficient (Wildman–Crippen LogP) is 2.72. The maximum atomic E-state index is 12.5. The molecule has 1 amide bonds. The molecule has 0 aromatic carbocycles. The minimum absolute atomic E-state index is 0.174. The van der Waals surface area contributed by atoms with Crippen LogP contribution in [-0.4, -0.2) is 70.2 Å². The molecule has 0 aliphatic carbocycles. The van der Waals surface area contributed by atoms with E-state index in [0.717, 1.165) is 42.6 Å². The number of piperazine rings is 1. The highest BCUT2D eigenvalue weighted by atomic mass is 32.1. The first-order chi connectivity index (χ1) is 15.0. The highest BCUT2D eigenvalue weighted by Gasteiger charge is 2.19. The third-order valence-electron chi connectivity index (χ3n) is 5.01. The van der Waals surface area contributed by atoms with E-state index in [2.05, 4.69) is 35.4 Å². The summed E-state index contributed by atoms with van der Waals surface area (Å²) in [6, 6.07) is 3.80. The van der Waals surface area contributed by atoms with E-state index in [9.17, 15) is 4.79 Å². The Morgan fingerprint density at radius 1 is 1.23 bits per heavy atom. The van der Waals surface area contributed by atoms with Gasteiger partial charge in [-0.2, -0.15) is 0 Å². The Kier molecular flexibility index (Phi) is 6.76. The largest absolute Gasteiger partial charge is 0.395 e. The van der Waals surface area contributed by atoms with E-state index in [0.29, 0.717) is 28.2 Å². The number of β-amino-alcohol motifs (C(OH)–C–C–N with tert-alkyl or cyclic N) is 1. The molecule has 9 nitrogen and oxygen atoms in total. The normalized spacial score (nSPS) is 14.6. The molecule has 0 atom stereocenters. The number of amides is 1. The average molecular weight is 460 g/mol. The summed E-state index contributed by atoms with van der Waals surface area (Å²) < 4.78 is 0. The number of aliphatic hydroxyl groups is 1. The number of rotatable bonds is 7. The predicted molar refractivity (Wildman–Crippen MR) is 125 cm³/mol. The van der Waals surface area contributed by atoms with Gasteiger partial charge in [-0.25, -0.2) is 15.0 Å². The summed E-state index contributed by atoms with van der Waals surface area (Å²) in [6.45, 7) is 8.19. The number of hydrogen-bond acceptors (Lipinski definition) is 10. The van der Waals surface area contributed by atoms with Crippen molar-refractivity contribution in [1.82, 2.24) is 19.9 Å². The second kappa shape index (κ2) is 9.69. The van der Waals surface area contributed by atoms with Gasteiger partial charge in [0.25, 0.3) is 5.91 Å². The van der Waals surface area contributed by atoms with Crippen molar-refractivity contribution in [2.75, 3.05) is 54.9 Å². The van der Waals surface area contributed by atoms with E-state index in [1.807, 2.05) is 31.4 Å². The van der Waals surface area contributed by atoms with Crippen molar-refractivity contribution >= 4 is 51.0 Å². The van der Waals surface area contributed by atoms with Crippen LogP contribution >= 0.6 is 22.7 Å². The van der Waals surface area contributed by atoms with Crippen LogP contribution in [0.1, 0.15) is 20.4 Å². The number of nitrogens with one attached hydrogen (secondary N) is 2. The lowest BCUT2D eigenvalue weighted by atomic mass is 10.3. The quantitative estimate of drug-likeness (QED) is 0.495. The Morgan fingerprint density at radius 3 is 2.74 bits per heavy atom. The standard InChI is InChI=1S/C20H25N7O2S2/c1-13-15(3-10-30-13)24-19(29)16-12-21-20(31-16)25-17-11-18(23-14(2)22-17)27-6-4-26(5-7-27)8-9-28/h3,10-12,28H,4-9H2,1-2H3,(H,24,29)(H,21,22,23,25). The number of aliphatic hydroxyl groups excluding tert-OH is 1. The summed E-state index contributed by atoms with van der Waals surface area (Å²) in [7, 11) is 0. The summed E-state index contributed by atoms with van der Waals surface area (Å²) in [5, 5.41) is 17.8. The van der Waals surface area contributed by atoms with Gasteiger partial charge in [0, 0.05) is 43.7 Å². The van der Waals surface area contributed by atoms with Gasteiger partial charge < -0.3 is 20.6 Å². The van der Waals surface area contributed by atoms with Crippen LogP contribution in [0.5, 0.6) is 0 Å². The van der Waals surface area contributed by atoms with E-state index < -0.39 is 0 Å². The van der Waals surface area contributed by atoms with E-state index in [-0.39, 0.29) is 12.5 Å². The fourth-order valence-electron chi connectivity index (χ4n) is 3.36. The molecule has 31 heavy (non-hydrogen) atoms. The number of aromatic nitrogens is 3. The van der Waals surface area contributed by atoms with Crippen molar-refractivity contribution in [2.45, 2.75) is 13.8 Å². The Balaban J connectivity index is 1.42. The molecule has 1 saturated heterocycles. The van der Waals surface area contributed by atoms with Gasteiger partial charge in [0.15, 0.2) is 5.13 Å². The lowest BCUT2D eigenvalue weighted by Crippen LogP contribution is -2.47. The summed E-state index contributed by atoms with van der Waals surface area (Å²) in [4.78, 5) is 31.9. The van der Waals surface area contributed by atoms with Crippen LogP contribution < -0.4 is 15.5 Å².